The highest BCUT2D eigenvalue weighted by atomic mass is 79.9. The van der Waals surface area contributed by atoms with Gasteiger partial charge in [-0.15, -0.1) is 0 Å². The van der Waals surface area contributed by atoms with Gasteiger partial charge in [0.05, 0.1) is 25.6 Å². The van der Waals surface area contributed by atoms with Crippen LogP contribution in [0, 0.1) is 6.92 Å². The van der Waals surface area contributed by atoms with Crippen molar-refractivity contribution in [1.29, 1.82) is 0 Å². The number of aryl methyl sites for hydroxylation is 1. The summed E-state index contributed by atoms with van der Waals surface area (Å²) < 4.78 is 6.99. The van der Waals surface area contributed by atoms with E-state index >= 15 is 0 Å². The molecule has 2 aromatic carbocycles. The molecule has 0 heterocycles. The minimum atomic E-state index is -0.250. The summed E-state index contributed by atoms with van der Waals surface area (Å²) in [6, 6.07) is 11.4. The van der Waals surface area contributed by atoms with E-state index < -0.39 is 0 Å². The SMILES string of the molecule is COc1ccccc1C=NNC(=O)CNc1c(Br)cc(C)cc1Br. The monoisotopic (exact) mass is 453 g/mol. The van der Waals surface area contributed by atoms with Crippen LogP contribution in [0.3, 0.4) is 0 Å². The van der Waals surface area contributed by atoms with Crippen molar-refractivity contribution < 1.29 is 9.53 Å². The molecule has 0 bridgehead atoms. The number of benzene rings is 2. The molecule has 0 aromatic heterocycles. The number of hydrogen-bond donors (Lipinski definition) is 2. The summed E-state index contributed by atoms with van der Waals surface area (Å²) in [5.74, 6) is 0.446. The lowest BCUT2D eigenvalue weighted by molar-refractivity contribution is -0.119. The van der Waals surface area contributed by atoms with Crippen LogP contribution in [0.4, 0.5) is 5.69 Å². The van der Waals surface area contributed by atoms with Gasteiger partial charge in [0.15, 0.2) is 0 Å². The van der Waals surface area contributed by atoms with Crippen LogP contribution in [-0.4, -0.2) is 25.8 Å². The highest BCUT2D eigenvalue weighted by molar-refractivity contribution is 9.11. The van der Waals surface area contributed by atoms with Gasteiger partial charge in [-0.2, -0.15) is 5.10 Å². The van der Waals surface area contributed by atoms with Crippen molar-refractivity contribution in [2.45, 2.75) is 6.92 Å². The second-order valence-corrected chi connectivity index (χ2v) is 6.70. The quantitative estimate of drug-likeness (QED) is 0.510. The van der Waals surface area contributed by atoms with Crippen molar-refractivity contribution in [1.82, 2.24) is 5.43 Å². The van der Waals surface area contributed by atoms with Crippen molar-refractivity contribution in [2.24, 2.45) is 5.10 Å². The number of rotatable bonds is 6. The van der Waals surface area contributed by atoms with E-state index in [9.17, 15) is 4.79 Å². The van der Waals surface area contributed by atoms with Crippen LogP contribution in [0.2, 0.25) is 0 Å². The first-order valence-electron chi connectivity index (χ1n) is 7.15. The van der Waals surface area contributed by atoms with Crippen LogP contribution in [0.1, 0.15) is 11.1 Å². The Morgan fingerprint density at radius 1 is 1.25 bits per heavy atom. The first-order chi connectivity index (χ1) is 11.5. The molecular weight excluding hydrogens is 438 g/mol. The summed E-state index contributed by atoms with van der Waals surface area (Å²) in [7, 11) is 1.59. The van der Waals surface area contributed by atoms with Crippen LogP contribution in [0.15, 0.2) is 50.4 Å². The Bertz CT molecular complexity index is 740. The normalized spacial score (nSPS) is 10.7. The first kappa shape index (κ1) is 18.5. The Balaban J connectivity index is 1.91. The molecule has 7 heteroatoms. The Kier molecular flexibility index (Phi) is 6.81. The predicted octanol–water partition coefficient (Wildman–Crippen LogP) is 4.09. The number of hydrazone groups is 1. The molecule has 0 unspecified atom stereocenters. The summed E-state index contributed by atoms with van der Waals surface area (Å²) >= 11 is 6.96. The van der Waals surface area contributed by atoms with E-state index in [1.807, 2.05) is 43.3 Å². The third-order valence-electron chi connectivity index (χ3n) is 3.14. The molecule has 0 radical (unpaired) electrons. The third-order valence-corrected chi connectivity index (χ3v) is 4.39. The van der Waals surface area contributed by atoms with Crippen molar-refractivity contribution >= 4 is 49.7 Å². The Labute approximate surface area is 157 Å². The molecule has 0 atom stereocenters. The second-order valence-electron chi connectivity index (χ2n) is 4.99. The number of nitrogens with one attached hydrogen (secondary N) is 2. The summed E-state index contributed by atoms with van der Waals surface area (Å²) in [5, 5.41) is 7.03. The molecule has 0 aliphatic rings. The number of nitrogens with zero attached hydrogens (tertiary/aromatic N) is 1. The molecular formula is C17H17Br2N3O2. The largest absolute Gasteiger partial charge is 0.496 e. The molecule has 0 aliphatic heterocycles. The summed E-state index contributed by atoms with van der Waals surface area (Å²) in [5.41, 5.74) is 5.21. The summed E-state index contributed by atoms with van der Waals surface area (Å²) in [6.07, 6.45) is 1.55. The number of para-hydroxylation sites is 1. The molecule has 5 nitrogen and oxygen atoms in total. The van der Waals surface area contributed by atoms with E-state index in [1.54, 1.807) is 13.3 Å². The van der Waals surface area contributed by atoms with Gasteiger partial charge in [-0.05, 0) is 68.6 Å². The fourth-order valence-corrected chi connectivity index (χ4v) is 3.72. The fraction of sp³-hybridized carbons (Fsp3) is 0.176. The van der Waals surface area contributed by atoms with Gasteiger partial charge in [-0.25, -0.2) is 5.43 Å². The highest BCUT2D eigenvalue weighted by Gasteiger charge is 2.08. The molecule has 1 amide bonds. The molecule has 0 saturated heterocycles. The van der Waals surface area contributed by atoms with E-state index in [2.05, 4.69) is 47.7 Å². The van der Waals surface area contributed by atoms with Crippen LogP contribution in [0.25, 0.3) is 0 Å². The van der Waals surface area contributed by atoms with Crippen LogP contribution < -0.4 is 15.5 Å². The number of methoxy groups -OCH3 is 1. The summed E-state index contributed by atoms with van der Waals surface area (Å²) in [4.78, 5) is 11.9. The standard InChI is InChI=1S/C17H17Br2N3O2/c1-11-7-13(18)17(14(19)8-11)20-10-16(23)22-21-9-12-5-3-4-6-15(12)24-2/h3-9,20H,10H2,1-2H3,(H,22,23). The zero-order valence-electron chi connectivity index (χ0n) is 13.3. The molecule has 0 spiro atoms. The number of amides is 1. The average Bonchev–Trinajstić information content (AvgIpc) is 2.54. The maximum atomic E-state index is 11.9. The lowest BCUT2D eigenvalue weighted by atomic mass is 10.2. The third kappa shape index (κ3) is 5.07. The number of anilines is 1. The molecule has 2 rings (SSSR count). The highest BCUT2D eigenvalue weighted by Crippen LogP contribution is 2.32. The van der Waals surface area contributed by atoms with Crippen molar-refractivity contribution in [2.75, 3.05) is 19.0 Å². The molecule has 24 heavy (non-hydrogen) atoms. The van der Waals surface area contributed by atoms with E-state index in [0.29, 0.717) is 5.75 Å². The van der Waals surface area contributed by atoms with Gasteiger partial charge in [-0.1, -0.05) is 12.1 Å². The van der Waals surface area contributed by atoms with Crippen LogP contribution in [-0.2, 0) is 4.79 Å². The zero-order chi connectivity index (χ0) is 17.5. The maximum absolute atomic E-state index is 11.9. The van der Waals surface area contributed by atoms with Gasteiger partial charge in [-0.3, -0.25) is 4.79 Å². The molecule has 0 fully saturated rings. The van der Waals surface area contributed by atoms with Gasteiger partial charge < -0.3 is 10.1 Å². The Hall–Kier alpha value is -1.86. The van der Waals surface area contributed by atoms with Gasteiger partial charge in [0.25, 0.3) is 5.91 Å². The lowest BCUT2D eigenvalue weighted by Crippen LogP contribution is -2.26. The molecule has 0 saturated carbocycles. The molecule has 126 valence electrons. The van der Waals surface area contributed by atoms with Gasteiger partial charge in [0, 0.05) is 14.5 Å². The number of hydrogen-bond acceptors (Lipinski definition) is 4. The molecule has 2 N–H and O–H groups in total. The number of carbonyl (C=O) groups is 1. The second kappa shape index (κ2) is 8.84. The Morgan fingerprint density at radius 3 is 2.58 bits per heavy atom. The zero-order valence-corrected chi connectivity index (χ0v) is 16.4. The van der Waals surface area contributed by atoms with Gasteiger partial charge >= 0.3 is 0 Å². The molecule has 0 aliphatic carbocycles. The number of carbonyl (C=O) groups excluding carboxylic acids is 1. The topological polar surface area (TPSA) is 62.7 Å². The number of halogens is 2. The summed E-state index contributed by atoms with van der Waals surface area (Å²) in [6.45, 7) is 2.10. The lowest BCUT2D eigenvalue weighted by Gasteiger charge is -2.11. The minimum Gasteiger partial charge on any atom is -0.496 e. The fourth-order valence-electron chi connectivity index (χ4n) is 2.02. The van der Waals surface area contributed by atoms with Crippen molar-refractivity contribution in [3.63, 3.8) is 0 Å². The van der Waals surface area contributed by atoms with E-state index in [4.69, 9.17) is 4.74 Å². The number of ether oxygens (including phenoxy) is 1. The van der Waals surface area contributed by atoms with Crippen molar-refractivity contribution in [3.05, 3.63) is 56.5 Å². The molecule has 2 aromatic rings. The Morgan fingerprint density at radius 2 is 1.92 bits per heavy atom. The maximum Gasteiger partial charge on any atom is 0.259 e. The minimum absolute atomic E-state index is 0.101. The van der Waals surface area contributed by atoms with Crippen LogP contribution in [0.5, 0.6) is 5.75 Å². The smallest absolute Gasteiger partial charge is 0.259 e. The first-order valence-corrected chi connectivity index (χ1v) is 8.74. The van der Waals surface area contributed by atoms with E-state index in [0.717, 1.165) is 25.8 Å². The van der Waals surface area contributed by atoms with Crippen LogP contribution >= 0.6 is 31.9 Å². The van der Waals surface area contributed by atoms with Gasteiger partial charge in [0.2, 0.25) is 0 Å². The van der Waals surface area contributed by atoms with E-state index in [1.165, 1.54) is 0 Å². The van der Waals surface area contributed by atoms with E-state index in [-0.39, 0.29) is 12.5 Å². The average molecular weight is 455 g/mol. The predicted molar refractivity (Wildman–Crippen MR) is 104 cm³/mol. The van der Waals surface area contributed by atoms with Crippen molar-refractivity contribution in [3.8, 4) is 5.75 Å². The van der Waals surface area contributed by atoms with Gasteiger partial charge in [0.1, 0.15) is 5.75 Å².